The Morgan fingerprint density at radius 3 is 2.52 bits per heavy atom. The summed E-state index contributed by atoms with van der Waals surface area (Å²) in [6.07, 6.45) is 3.94. The normalized spacial score (nSPS) is 27.7. The standard InChI is InChI=1S/C20H28FNO3/c21-12-6-2-5-11-20(24,17-7-3-1-4-8-17)19(23)25-18-15-22-13-9-16(18)10-14-22/h1,3-4,7-8,16,18,24H,2,5-6,9-15H2/t18-,20-/m1/s1. The van der Waals surface area contributed by atoms with Crippen molar-refractivity contribution in [3.05, 3.63) is 35.9 Å². The number of carbonyl (C=O) groups excluding carboxylic acids is 1. The largest absolute Gasteiger partial charge is 0.458 e. The van der Waals surface area contributed by atoms with Crippen molar-refractivity contribution in [3.63, 3.8) is 0 Å². The third-order valence-corrected chi connectivity index (χ3v) is 5.62. The Balaban J connectivity index is 1.70. The molecule has 1 aromatic rings. The van der Waals surface area contributed by atoms with E-state index in [0.717, 1.165) is 32.5 Å². The Morgan fingerprint density at radius 2 is 1.92 bits per heavy atom. The van der Waals surface area contributed by atoms with Crippen molar-refractivity contribution in [2.75, 3.05) is 26.3 Å². The number of benzene rings is 1. The van der Waals surface area contributed by atoms with Crippen LogP contribution in [0.4, 0.5) is 4.39 Å². The quantitative estimate of drug-likeness (QED) is 0.579. The maximum atomic E-state index is 12.9. The van der Waals surface area contributed by atoms with Crippen molar-refractivity contribution >= 4 is 5.97 Å². The predicted octanol–water partition coefficient (Wildman–Crippen LogP) is 3.04. The number of carbonyl (C=O) groups is 1. The summed E-state index contributed by atoms with van der Waals surface area (Å²) in [4.78, 5) is 15.2. The molecule has 3 aliphatic heterocycles. The van der Waals surface area contributed by atoms with Crippen LogP contribution in [0.2, 0.25) is 0 Å². The molecule has 0 radical (unpaired) electrons. The molecule has 0 amide bonds. The van der Waals surface area contributed by atoms with Crippen molar-refractivity contribution in [3.8, 4) is 0 Å². The lowest BCUT2D eigenvalue weighted by Gasteiger charge is -2.44. The number of ether oxygens (including phenoxy) is 1. The van der Waals surface area contributed by atoms with Gasteiger partial charge in [-0.15, -0.1) is 0 Å². The number of unbranched alkanes of at least 4 members (excludes halogenated alkanes) is 2. The van der Waals surface area contributed by atoms with Crippen LogP contribution in [0.3, 0.4) is 0 Å². The zero-order valence-electron chi connectivity index (χ0n) is 14.7. The summed E-state index contributed by atoms with van der Waals surface area (Å²) in [6.45, 7) is 2.55. The Hall–Kier alpha value is -1.46. The average Bonchev–Trinajstić information content (AvgIpc) is 2.66. The minimum Gasteiger partial charge on any atom is -0.458 e. The van der Waals surface area contributed by atoms with E-state index in [1.54, 1.807) is 12.1 Å². The molecule has 3 saturated heterocycles. The minimum atomic E-state index is -1.65. The molecule has 3 heterocycles. The van der Waals surface area contributed by atoms with E-state index in [2.05, 4.69) is 4.90 Å². The summed E-state index contributed by atoms with van der Waals surface area (Å²) in [5.74, 6) is -0.154. The Labute approximate surface area is 149 Å². The van der Waals surface area contributed by atoms with Gasteiger partial charge in [0.25, 0.3) is 0 Å². The third-order valence-electron chi connectivity index (χ3n) is 5.62. The lowest BCUT2D eigenvalue weighted by Crippen LogP contribution is -2.53. The van der Waals surface area contributed by atoms with E-state index >= 15 is 0 Å². The van der Waals surface area contributed by atoms with Gasteiger partial charge in [-0.2, -0.15) is 0 Å². The molecule has 2 bridgehead atoms. The minimum absolute atomic E-state index is 0.129. The average molecular weight is 349 g/mol. The second-order valence-corrected chi connectivity index (χ2v) is 7.31. The van der Waals surface area contributed by atoms with E-state index < -0.39 is 11.6 Å². The van der Waals surface area contributed by atoms with Gasteiger partial charge in [-0.3, -0.25) is 9.29 Å². The molecule has 0 spiro atoms. The molecular weight excluding hydrogens is 321 g/mol. The fourth-order valence-corrected chi connectivity index (χ4v) is 4.01. The maximum Gasteiger partial charge on any atom is 0.343 e. The first-order valence-electron chi connectivity index (χ1n) is 9.41. The van der Waals surface area contributed by atoms with Crippen LogP contribution in [0.1, 0.15) is 44.1 Å². The molecule has 0 aromatic heterocycles. The molecule has 0 aliphatic carbocycles. The SMILES string of the molecule is O=C(O[C@@H]1CN2CCC1CC2)[C@@](O)(CCCCCF)c1ccccc1. The Kier molecular flexibility index (Phi) is 6.07. The number of rotatable bonds is 8. The van der Waals surface area contributed by atoms with Crippen LogP contribution in [0, 0.1) is 5.92 Å². The number of esters is 1. The highest BCUT2D eigenvalue weighted by Gasteiger charge is 2.43. The number of hydrogen-bond acceptors (Lipinski definition) is 4. The summed E-state index contributed by atoms with van der Waals surface area (Å²) < 4.78 is 18.1. The predicted molar refractivity (Wildman–Crippen MR) is 93.8 cm³/mol. The van der Waals surface area contributed by atoms with Gasteiger partial charge in [-0.25, -0.2) is 4.79 Å². The number of hydrogen-bond donors (Lipinski definition) is 1. The Bertz CT molecular complexity index is 559. The molecule has 3 aliphatic rings. The van der Waals surface area contributed by atoms with Crippen LogP contribution in [-0.4, -0.2) is 48.4 Å². The van der Waals surface area contributed by atoms with Gasteiger partial charge in [0.1, 0.15) is 6.10 Å². The number of nitrogens with zero attached hydrogens (tertiary/aromatic N) is 1. The fourth-order valence-electron chi connectivity index (χ4n) is 4.01. The van der Waals surface area contributed by atoms with Gasteiger partial charge >= 0.3 is 5.97 Å². The van der Waals surface area contributed by atoms with Gasteiger partial charge in [0.2, 0.25) is 0 Å². The van der Waals surface area contributed by atoms with Gasteiger partial charge in [-0.05, 0) is 56.7 Å². The summed E-state index contributed by atoms with van der Waals surface area (Å²) in [5, 5.41) is 11.2. The number of halogens is 1. The molecule has 4 rings (SSSR count). The second-order valence-electron chi connectivity index (χ2n) is 7.31. The van der Waals surface area contributed by atoms with Crippen LogP contribution in [0.25, 0.3) is 0 Å². The van der Waals surface area contributed by atoms with Crippen molar-refractivity contribution in [2.24, 2.45) is 5.92 Å². The number of alkyl halides is 1. The molecule has 4 nitrogen and oxygen atoms in total. The third kappa shape index (κ3) is 4.21. The molecule has 5 heteroatoms. The first-order valence-corrected chi connectivity index (χ1v) is 9.41. The molecule has 2 atom stereocenters. The summed E-state index contributed by atoms with van der Waals surface area (Å²) in [6, 6.07) is 8.98. The zero-order valence-corrected chi connectivity index (χ0v) is 14.7. The Morgan fingerprint density at radius 1 is 1.20 bits per heavy atom. The van der Waals surface area contributed by atoms with Crippen molar-refractivity contribution in [1.29, 1.82) is 0 Å². The molecule has 1 N–H and O–H groups in total. The zero-order chi connectivity index (χ0) is 17.7. The van der Waals surface area contributed by atoms with Gasteiger partial charge < -0.3 is 9.84 Å². The number of aliphatic hydroxyl groups is 1. The van der Waals surface area contributed by atoms with E-state index in [1.165, 1.54) is 0 Å². The first-order chi connectivity index (χ1) is 12.1. The van der Waals surface area contributed by atoms with Crippen LogP contribution in [0.15, 0.2) is 30.3 Å². The molecule has 1 aromatic carbocycles. The highest BCUT2D eigenvalue weighted by Crippen LogP contribution is 2.34. The van der Waals surface area contributed by atoms with E-state index in [0.29, 0.717) is 30.7 Å². The van der Waals surface area contributed by atoms with E-state index in [1.807, 2.05) is 18.2 Å². The molecule has 0 saturated carbocycles. The van der Waals surface area contributed by atoms with Crippen LogP contribution in [-0.2, 0) is 15.1 Å². The van der Waals surface area contributed by atoms with E-state index in [4.69, 9.17) is 4.74 Å². The summed E-state index contributed by atoms with van der Waals surface area (Å²) in [5.41, 5.74) is -1.09. The van der Waals surface area contributed by atoms with Crippen molar-refractivity contribution in [1.82, 2.24) is 4.90 Å². The molecule has 138 valence electrons. The van der Waals surface area contributed by atoms with E-state index in [9.17, 15) is 14.3 Å². The smallest absolute Gasteiger partial charge is 0.343 e. The first kappa shape index (κ1) is 18.3. The van der Waals surface area contributed by atoms with Crippen LogP contribution >= 0.6 is 0 Å². The molecule has 25 heavy (non-hydrogen) atoms. The topological polar surface area (TPSA) is 49.8 Å². The lowest BCUT2D eigenvalue weighted by atomic mass is 9.85. The lowest BCUT2D eigenvalue weighted by molar-refractivity contribution is -0.182. The summed E-state index contributed by atoms with van der Waals surface area (Å²) >= 11 is 0. The number of fused-ring (bicyclic) bond motifs is 3. The fraction of sp³-hybridized carbons (Fsp3) is 0.650. The maximum absolute atomic E-state index is 12.9. The van der Waals surface area contributed by atoms with Gasteiger partial charge in [0.15, 0.2) is 5.60 Å². The molecule has 3 fully saturated rings. The molecule has 0 unspecified atom stereocenters. The van der Waals surface area contributed by atoms with Crippen molar-refractivity contribution in [2.45, 2.75) is 50.2 Å². The number of piperidine rings is 3. The van der Waals surface area contributed by atoms with Gasteiger partial charge in [0.05, 0.1) is 6.67 Å². The van der Waals surface area contributed by atoms with Crippen molar-refractivity contribution < 1.29 is 19.0 Å². The highest BCUT2D eigenvalue weighted by atomic mass is 19.1. The second kappa shape index (κ2) is 8.28. The van der Waals surface area contributed by atoms with Crippen LogP contribution < -0.4 is 0 Å². The van der Waals surface area contributed by atoms with Gasteiger partial charge in [0, 0.05) is 6.54 Å². The van der Waals surface area contributed by atoms with E-state index in [-0.39, 0.29) is 19.2 Å². The molecular formula is C20H28FNO3. The van der Waals surface area contributed by atoms with Crippen LogP contribution in [0.5, 0.6) is 0 Å². The van der Waals surface area contributed by atoms with Gasteiger partial charge in [-0.1, -0.05) is 36.8 Å². The summed E-state index contributed by atoms with van der Waals surface area (Å²) in [7, 11) is 0. The highest BCUT2D eigenvalue weighted by molar-refractivity contribution is 5.81. The monoisotopic (exact) mass is 349 g/mol.